The van der Waals surface area contributed by atoms with Crippen LogP contribution >= 0.6 is 11.3 Å². The third-order valence-corrected chi connectivity index (χ3v) is 3.40. The number of hydrogen-bond acceptors (Lipinski definition) is 4. The molecule has 1 unspecified atom stereocenters. The van der Waals surface area contributed by atoms with Crippen LogP contribution in [0.4, 0.5) is 4.79 Å². The van der Waals surface area contributed by atoms with Crippen molar-refractivity contribution in [3.63, 3.8) is 0 Å². The number of carbonyl (C=O) groups excluding carboxylic acids is 1. The van der Waals surface area contributed by atoms with E-state index in [1.807, 2.05) is 12.3 Å². The highest BCUT2D eigenvalue weighted by atomic mass is 32.1. The lowest BCUT2D eigenvalue weighted by molar-refractivity contribution is -0.141. The number of nitrogens with zero attached hydrogens (tertiary/aromatic N) is 2. The van der Waals surface area contributed by atoms with Gasteiger partial charge in [0.05, 0.1) is 10.7 Å². The predicted octanol–water partition coefficient (Wildman–Crippen LogP) is 1.11. The van der Waals surface area contributed by atoms with Gasteiger partial charge in [0.15, 0.2) is 0 Å². The Morgan fingerprint density at radius 1 is 1.61 bits per heavy atom. The summed E-state index contributed by atoms with van der Waals surface area (Å²) >= 11 is 1.57. The number of likely N-dealkylation sites (N-methyl/N-ethyl adjacent to an activating group) is 1. The fourth-order valence-corrected chi connectivity index (χ4v) is 1.93. The van der Waals surface area contributed by atoms with Crippen LogP contribution in [0.1, 0.15) is 17.6 Å². The number of carboxylic acids is 1. The molecule has 7 heteroatoms. The Morgan fingerprint density at radius 2 is 2.28 bits per heavy atom. The largest absolute Gasteiger partial charge is 0.480 e. The van der Waals surface area contributed by atoms with Crippen LogP contribution in [-0.4, -0.2) is 46.6 Å². The van der Waals surface area contributed by atoms with E-state index in [-0.39, 0.29) is 0 Å². The van der Waals surface area contributed by atoms with Crippen LogP contribution in [0.25, 0.3) is 0 Å². The Morgan fingerprint density at radius 3 is 2.78 bits per heavy atom. The monoisotopic (exact) mass is 271 g/mol. The van der Waals surface area contributed by atoms with E-state index in [2.05, 4.69) is 10.3 Å². The second kappa shape index (κ2) is 6.34. The maximum atomic E-state index is 11.6. The zero-order valence-electron chi connectivity index (χ0n) is 10.6. The van der Waals surface area contributed by atoms with Gasteiger partial charge in [-0.15, -0.1) is 11.3 Å². The summed E-state index contributed by atoms with van der Waals surface area (Å²) in [5.74, 6) is -1.03. The molecule has 0 bridgehead atoms. The molecule has 0 saturated heterocycles. The Bertz CT molecular complexity index is 433. The fraction of sp³-hybridized carbons (Fsp3) is 0.545. The van der Waals surface area contributed by atoms with Gasteiger partial charge in [0.25, 0.3) is 0 Å². The third-order valence-electron chi connectivity index (χ3n) is 2.58. The molecule has 0 aromatic carbocycles. The Hall–Kier alpha value is -1.63. The van der Waals surface area contributed by atoms with Crippen LogP contribution in [0.15, 0.2) is 5.38 Å². The lowest BCUT2D eigenvalue weighted by Gasteiger charge is -2.21. The summed E-state index contributed by atoms with van der Waals surface area (Å²) in [6.07, 6.45) is 0.644. The number of aryl methyl sites for hydroxylation is 1. The van der Waals surface area contributed by atoms with Gasteiger partial charge in [-0.1, -0.05) is 0 Å². The number of carbonyl (C=O) groups is 2. The van der Waals surface area contributed by atoms with E-state index in [0.717, 1.165) is 15.6 Å². The van der Waals surface area contributed by atoms with E-state index in [9.17, 15) is 9.59 Å². The van der Waals surface area contributed by atoms with E-state index in [1.54, 1.807) is 11.3 Å². The average Bonchev–Trinajstić information content (AvgIpc) is 2.72. The maximum absolute atomic E-state index is 11.6. The molecule has 0 radical (unpaired) electrons. The van der Waals surface area contributed by atoms with Crippen LogP contribution < -0.4 is 5.32 Å². The van der Waals surface area contributed by atoms with Crippen LogP contribution in [0.5, 0.6) is 0 Å². The maximum Gasteiger partial charge on any atom is 0.326 e. The Balaban J connectivity index is 2.35. The smallest absolute Gasteiger partial charge is 0.326 e. The third kappa shape index (κ3) is 3.99. The van der Waals surface area contributed by atoms with Crippen molar-refractivity contribution in [1.29, 1.82) is 0 Å². The minimum atomic E-state index is -1.03. The second-order valence-electron chi connectivity index (χ2n) is 3.96. The molecule has 0 aliphatic heterocycles. The number of urea groups is 1. The zero-order valence-corrected chi connectivity index (χ0v) is 11.5. The quantitative estimate of drug-likeness (QED) is 0.840. The van der Waals surface area contributed by atoms with Crippen molar-refractivity contribution in [2.24, 2.45) is 0 Å². The van der Waals surface area contributed by atoms with Gasteiger partial charge in [-0.05, 0) is 13.8 Å². The first-order valence-electron chi connectivity index (χ1n) is 5.56. The van der Waals surface area contributed by atoms with Crippen LogP contribution in [0, 0.1) is 6.92 Å². The van der Waals surface area contributed by atoms with E-state index in [0.29, 0.717) is 13.0 Å². The number of aliphatic carboxylic acids is 1. The molecular weight excluding hydrogens is 254 g/mol. The molecule has 1 aromatic rings. The average molecular weight is 271 g/mol. The molecule has 0 spiro atoms. The molecular formula is C11H17N3O3S. The van der Waals surface area contributed by atoms with E-state index in [4.69, 9.17) is 5.11 Å². The number of amides is 2. The number of hydrogen-bond donors (Lipinski definition) is 2. The Kier molecular flexibility index (Phi) is 5.08. The standard InChI is InChI=1S/C11H17N3O3S/c1-7(10(15)16)14(3)11(17)12-5-4-9-6-18-8(2)13-9/h6-7H,4-5H2,1-3H3,(H,12,17)(H,15,16). The Labute approximate surface area is 110 Å². The summed E-state index contributed by atoms with van der Waals surface area (Å²) in [5, 5.41) is 14.4. The molecule has 1 aromatic heterocycles. The lowest BCUT2D eigenvalue weighted by atomic mass is 10.3. The molecule has 100 valence electrons. The summed E-state index contributed by atoms with van der Waals surface area (Å²) in [5.41, 5.74) is 0.937. The molecule has 1 atom stereocenters. The molecule has 0 fully saturated rings. The van der Waals surface area contributed by atoms with Gasteiger partial charge in [-0.3, -0.25) is 0 Å². The number of rotatable bonds is 5. The van der Waals surface area contributed by atoms with Gasteiger partial charge >= 0.3 is 12.0 Å². The molecule has 18 heavy (non-hydrogen) atoms. The summed E-state index contributed by atoms with van der Waals surface area (Å²) in [6, 6.07) is -1.23. The van der Waals surface area contributed by atoms with Crippen molar-refractivity contribution in [3.8, 4) is 0 Å². The summed E-state index contributed by atoms with van der Waals surface area (Å²) in [6.45, 7) is 3.83. The zero-order chi connectivity index (χ0) is 13.7. The van der Waals surface area contributed by atoms with Crippen LogP contribution in [0.2, 0.25) is 0 Å². The van der Waals surface area contributed by atoms with Crippen LogP contribution in [0.3, 0.4) is 0 Å². The van der Waals surface area contributed by atoms with Gasteiger partial charge in [0.1, 0.15) is 6.04 Å². The minimum absolute atomic E-state index is 0.392. The predicted molar refractivity (Wildman–Crippen MR) is 68.8 cm³/mol. The summed E-state index contributed by atoms with van der Waals surface area (Å²) in [7, 11) is 1.46. The lowest BCUT2D eigenvalue weighted by Crippen LogP contribution is -2.46. The topological polar surface area (TPSA) is 82.5 Å². The second-order valence-corrected chi connectivity index (χ2v) is 5.03. The van der Waals surface area contributed by atoms with Gasteiger partial charge in [-0.2, -0.15) is 0 Å². The minimum Gasteiger partial charge on any atom is -0.480 e. The van der Waals surface area contributed by atoms with Crippen molar-refractivity contribution in [2.75, 3.05) is 13.6 Å². The van der Waals surface area contributed by atoms with Crippen molar-refractivity contribution in [2.45, 2.75) is 26.3 Å². The summed E-state index contributed by atoms with van der Waals surface area (Å²) in [4.78, 5) is 27.8. The molecule has 0 aliphatic rings. The van der Waals surface area contributed by atoms with Crippen molar-refractivity contribution < 1.29 is 14.7 Å². The molecule has 1 heterocycles. The normalized spacial score (nSPS) is 11.9. The van der Waals surface area contributed by atoms with Crippen molar-refractivity contribution in [3.05, 3.63) is 16.1 Å². The fourth-order valence-electron chi connectivity index (χ4n) is 1.29. The number of thiazole rings is 1. The molecule has 2 N–H and O–H groups in total. The first-order chi connectivity index (χ1) is 8.41. The van der Waals surface area contributed by atoms with Gasteiger partial charge in [-0.25, -0.2) is 14.6 Å². The molecule has 0 saturated carbocycles. The first kappa shape index (κ1) is 14.4. The molecule has 6 nitrogen and oxygen atoms in total. The van der Waals surface area contributed by atoms with Crippen molar-refractivity contribution in [1.82, 2.24) is 15.2 Å². The highest BCUT2D eigenvalue weighted by Gasteiger charge is 2.21. The number of nitrogens with one attached hydrogen (secondary N) is 1. The molecule has 1 rings (SSSR count). The van der Waals surface area contributed by atoms with E-state index >= 15 is 0 Å². The number of carboxylic acid groups (broad SMARTS) is 1. The highest BCUT2D eigenvalue weighted by molar-refractivity contribution is 7.09. The SMILES string of the molecule is Cc1nc(CCNC(=O)N(C)C(C)C(=O)O)cs1. The summed E-state index contributed by atoms with van der Waals surface area (Å²) < 4.78 is 0. The van der Waals surface area contributed by atoms with E-state index in [1.165, 1.54) is 14.0 Å². The molecule has 0 aliphatic carbocycles. The van der Waals surface area contributed by atoms with Gasteiger partial charge in [0.2, 0.25) is 0 Å². The first-order valence-corrected chi connectivity index (χ1v) is 6.44. The molecule has 2 amide bonds. The van der Waals surface area contributed by atoms with Gasteiger partial charge in [0, 0.05) is 25.4 Å². The van der Waals surface area contributed by atoms with E-state index < -0.39 is 18.0 Å². The highest BCUT2D eigenvalue weighted by Crippen LogP contribution is 2.07. The number of aromatic nitrogens is 1. The van der Waals surface area contributed by atoms with Crippen LogP contribution in [-0.2, 0) is 11.2 Å². The van der Waals surface area contributed by atoms with Gasteiger partial charge < -0.3 is 15.3 Å². The van der Waals surface area contributed by atoms with Crippen molar-refractivity contribution >= 4 is 23.3 Å².